The summed E-state index contributed by atoms with van der Waals surface area (Å²) in [5.74, 6) is 1.90. The number of carbonyl (C=O) groups excluding carboxylic acids is 3. The van der Waals surface area contributed by atoms with E-state index in [9.17, 15) is 14.4 Å². The summed E-state index contributed by atoms with van der Waals surface area (Å²) in [5, 5.41) is 1.18. The zero-order chi connectivity index (χ0) is 21.8. The van der Waals surface area contributed by atoms with Gasteiger partial charge in [0, 0.05) is 44.5 Å². The van der Waals surface area contributed by atoms with Crippen molar-refractivity contribution in [3.8, 4) is 0 Å². The highest BCUT2D eigenvalue weighted by molar-refractivity contribution is 7.13. The zero-order valence-corrected chi connectivity index (χ0v) is 18.9. The molecule has 3 heterocycles. The molecule has 2 aliphatic heterocycles. The van der Waals surface area contributed by atoms with Crippen LogP contribution < -0.4 is 4.90 Å². The first-order chi connectivity index (χ1) is 15.6. The zero-order valence-electron chi connectivity index (χ0n) is 18.1. The van der Waals surface area contributed by atoms with Crippen LogP contribution in [0.25, 0.3) is 10.1 Å². The van der Waals surface area contributed by atoms with Crippen LogP contribution >= 0.6 is 11.5 Å². The Morgan fingerprint density at radius 1 is 1.00 bits per heavy atom. The van der Waals surface area contributed by atoms with E-state index in [0.717, 1.165) is 38.2 Å². The molecule has 2 saturated heterocycles. The second kappa shape index (κ2) is 7.83. The number of rotatable bonds is 5. The first-order valence-electron chi connectivity index (χ1n) is 11.8. The number of piperazine rings is 1. The van der Waals surface area contributed by atoms with Crippen molar-refractivity contribution in [1.82, 2.24) is 14.2 Å². The molecule has 8 heteroatoms. The fraction of sp³-hybridized carbons (Fsp3) is 0.583. The lowest BCUT2D eigenvalue weighted by Gasteiger charge is -2.35. The van der Waals surface area contributed by atoms with Crippen LogP contribution in [0.5, 0.6) is 0 Å². The molecule has 0 unspecified atom stereocenters. The van der Waals surface area contributed by atoms with Crippen molar-refractivity contribution >= 4 is 45.2 Å². The Hall–Kier alpha value is -2.48. The van der Waals surface area contributed by atoms with Crippen molar-refractivity contribution in [3.63, 3.8) is 0 Å². The van der Waals surface area contributed by atoms with Crippen LogP contribution in [0.3, 0.4) is 0 Å². The fourth-order valence-electron chi connectivity index (χ4n) is 6.51. The Labute approximate surface area is 191 Å². The average Bonchev–Trinajstić information content (AvgIpc) is 3.59. The van der Waals surface area contributed by atoms with Crippen molar-refractivity contribution in [2.24, 2.45) is 23.7 Å². The number of hydrogen-bond donors (Lipinski definition) is 0. The molecule has 2 bridgehead atoms. The Balaban J connectivity index is 1.00. The summed E-state index contributed by atoms with van der Waals surface area (Å²) < 4.78 is 5.81. The molecular weight excluding hydrogens is 424 g/mol. The molecule has 7 nitrogen and oxygen atoms in total. The van der Waals surface area contributed by atoms with E-state index in [4.69, 9.17) is 0 Å². The van der Waals surface area contributed by atoms with Gasteiger partial charge in [-0.3, -0.25) is 19.3 Å². The van der Waals surface area contributed by atoms with Gasteiger partial charge in [0.1, 0.15) is 5.82 Å². The lowest BCUT2D eigenvalue weighted by Crippen LogP contribution is -2.49. The maximum absolute atomic E-state index is 12.8. The highest BCUT2D eigenvalue weighted by Gasteiger charge is 2.60. The predicted octanol–water partition coefficient (Wildman–Crippen LogP) is 2.76. The summed E-state index contributed by atoms with van der Waals surface area (Å²) in [5.41, 5.74) is 0. The smallest absolute Gasteiger partial charge is 0.233 e. The summed E-state index contributed by atoms with van der Waals surface area (Å²) >= 11 is 1.52. The van der Waals surface area contributed by atoms with Crippen LogP contribution in [-0.4, -0.2) is 64.6 Å². The van der Waals surface area contributed by atoms with Crippen LogP contribution in [0, 0.1) is 23.7 Å². The normalized spacial score (nSPS) is 29.4. The van der Waals surface area contributed by atoms with Crippen LogP contribution in [-0.2, 0) is 14.4 Å². The van der Waals surface area contributed by atoms with Gasteiger partial charge in [0.15, 0.2) is 0 Å². The molecule has 3 amide bonds. The Bertz CT molecular complexity index is 1050. The number of hydrogen-bond acceptors (Lipinski definition) is 6. The molecular formula is C24H28N4O3S. The number of likely N-dealkylation sites (tertiary alicyclic amines) is 1. The quantitative estimate of drug-likeness (QED) is 0.653. The first kappa shape index (κ1) is 20.1. The summed E-state index contributed by atoms with van der Waals surface area (Å²) in [6.07, 6.45) is 4.20. The standard InChI is InChI=1S/C24H28N4O3S/c29-19(6-3-9-28-23(30)20-15-7-8-16(14-15)21(20)24(28)31)26-10-12-27(13-11-26)22-17-4-1-2-5-18(17)32-25-22/h1-2,4-5,15-16,20-21H,3,6-14H2/t15-,16+,20+,21-. The van der Waals surface area contributed by atoms with Gasteiger partial charge in [-0.2, -0.15) is 4.37 Å². The van der Waals surface area contributed by atoms with E-state index in [0.29, 0.717) is 44.3 Å². The lowest BCUT2D eigenvalue weighted by molar-refractivity contribution is -0.141. The molecule has 32 heavy (non-hydrogen) atoms. The molecule has 168 valence electrons. The third-order valence-electron chi connectivity index (χ3n) is 8.08. The van der Waals surface area contributed by atoms with Gasteiger partial charge in [0.2, 0.25) is 17.7 Å². The predicted molar refractivity (Wildman–Crippen MR) is 122 cm³/mol. The second-order valence-corrected chi connectivity index (χ2v) is 10.5. The van der Waals surface area contributed by atoms with Crippen molar-refractivity contribution in [1.29, 1.82) is 0 Å². The van der Waals surface area contributed by atoms with Crippen LogP contribution in [0.15, 0.2) is 24.3 Å². The van der Waals surface area contributed by atoms with Gasteiger partial charge in [-0.05, 0) is 61.2 Å². The van der Waals surface area contributed by atoms with E-state index in [1.807, 2.05) is 17.0 Å². The van der Waals surface area contributed by atoms with Crippen LogP contribution in [0.1, 0.15) is 32.1 Å². The van der Waals surface area contributed by atoms with E-state index < -0.39 is 0 Å². The van der Waals surface area contributed by atoms with E-state index in [-0.39, 0.29) is 29.6 Å². The largest absolute Gasteiger partial charge is 0.352 e. The van der Waals surface area contributed by atoms with Gasteiger partial charge in [-0.25, -0.2) is 0 Å². The van der Waals surface area contributed by atoms with Gasteiger partial charge >= 0.3 is 0 Å². The topological polar surface area (TPSA) is 73.8 Å². The Kier molecular flexibility index (Phi) is 4.93. The maximum Gasteiger partial charge on any atom is 0.233 e. The van der Waals surface area contributed by atoms with E-state index in [1.165, 1.54) is 26.5 Å². The third-order valence-corrected chi connectivity index (χ3v) is 8.90. The molecule has 6 rings (SSSR count). The van der Waals surface area contributed by atoms with Crippen molar-refractivity contribution < 1.29 is 14.4 Å². The van der Waals surface area contributed by atoms with Gasteiger partial charge in [0.25, 0.3) is 0 Å². The number of anilines is 1. The van der Waals surface area contributed by atoms with E-state index in [1.54, 1.807) is 0 Å². The van der Waals surface area contributed by atoms with Gasteiger partial charge in [-0.1, -0.05) is 12.1 Å². The van der Waals surface area contributed by atoms with Gasteiger partial charge in [0.05, 0.1) is 16.5 Å². The number of aromatic nitrogens is 1. The minimum absolute atomic E-state index is 0.0313. The van der Waals surface area contributed by atoms with Crippen molar-refractivity contribution in [2.75, 3.05) is 37.6 Å². The third kappa shape index (κ3) is 3.14. The summed E-state index contributed by atoms with van der Waals surface area (Å²) in [6, 6.07) is 8.25. The number of carbonyl (C=O) groups is 3. The molecule has 1 aromatic heterocycles. The molecule has 2 aliphatic carbocycles. The highest BCUT2D eigenvalue weighted by Crippen LogP contribution is 2.56. The lowest BCUT2D eigenvalue weighted by atomic mass is 9.81. The van der Waals surface area contributed by atoms with E-state index in [2.05, 4.69) is 21.4 Å². The van der Waals surface area contributed by atoms with Crippen molar-refractivity contribution in [2.45, 2.75) is 32.1 Å². The second-order valence-electron chi connectivity index (χ2n) is 9.69. The SMILES string of the molecule is O=C(CCCN1C(=O)[C@@H]2[C@H]3CC[C@H](C3)[C@@H]2C1=O)N1CCN(c2nsc3ccccc23)CC1. The average molecular weight is 453 g/mol. The first-order valence-corrected chi connectivity index (χ1v) is 12.6. The summed E-state index contributed by atoms with van der Waals surface area (Å²) in [4.78, 5) is 44.0. The molecule has 2 aromatic rings. The van der Waals surface area contributed by atoms with Crippen LogP contribution in [0.4, 0.5) is 5.82 Å². The minimum atomic E-state index is -0.0631. The van der Waals surface area contributed by atoms with Gasteiger partial charge in [-0.15, -0.1) is 0 Å². The molecule has 4 aliphatic rings. The molecule has 4 atom stereocenters. The number of nitrogens with zero attached hydrogens (tertiary/aromatic N) is 4. The van der Waals surface area contributed by atoms with Gasteiger partial charge < -0.3 is 9.80 Å². The minimum Gasteiger partial charge on any atom is -0.352 e. The number of fused-ring (bicyclic) bond motifs is 6. The molecule has 1 aromatic carbocycles. The summed E-state index contributed by atoms with van der Waals surface area (Å²) in [6.45, 7) is 3.30. The maximum atomic E-state index is 12.8. The Morgan fingerprint density at radius 2 is 1.69 bits per heavy atom. The van der Waals surface area contributed by atoms with E-state index >= 15 is 0 Å². The summed E-state index contributed by atoms with van der Waals surface area (Å²) in [7, 11) is 0. The molecule has 0 radical (unpaired) electrons. The molecule has 0 N–H and O–H groups in total. The monoisotopic (exact) mass is 452 g/mol. The molecule has 4 fully saturated rings. The number of benzene rings is 1. The number of amides is 3. The molecule has 0 spiro atoms. The highest BCUT2D eigenvalue weighted by atomic mass is 32.1. The van der Waals surface area contributed by atoms with Crippen LogP contribution in [0.2, 0.25) is 0 Å². The fourth-order valence-corrected chi connectivity index (χ4v) is 7.30. The molecule has 2 saturated carbocycles. The Morgan fingerprint density at radius 3 is 2.41 bits per heavy atom. The number of imide groups is 1. The van der Waals surface area contributed by atoms with Crippen molar-refractivity contribution in [3.05, 3.63) is 24.3 Å².